The van der Waals surface area contributed by atoms with E-state index in [0.717, 1.165) is 5.01 Å². The van der Waals surface area contributed by atoms with Gasteiger partial charge in [0.2, 0.25) is 0 Å². The first-order valence-corrected chi connectivity index (χ1v) is 11.8. The normalized spacial score (nSPS) is 18.8. The zero-order valence-corrected chi connectivity index (χ0v) is 20.3. The third-order valence-electron chi connectivity index (χ3n) is 5.10. The smallest absolute Gasteiger partial charge is 0.410 e. The van der Waals surface area contributed by atoms with Gasteiger partial charge in [-0.25, -0.2) is 9.78 Å². The third-order valence-corrected chi connectivity index (χ3v) is 6.24. The molecule has 0 atom stereocenters. The van der Waals surface area contributed by atoms with Crippen molar-refractivity contribution in [2.45, 2.75) is 78.4 Å². The van der Waals surface area contributed by atoms with E-state index in [-0.39, 0.29) is 17.6 Å². The van der Waals surface area contributed by atoms with Crippen LogP contribution in [0, 0.1) is 0 Å². The molecule has 2 saturated heterocycles. The molecule has 0 unspecified atom stereocenters. The number of hydrogen-bond acceptors (Lipinski definition) is 6. The molecule has 0 saturated carbocycles. The maximum Gasteiger partial charge on any atom is 0.410 e. The van der Waals surface area contributed by atoms with Crippen molar-refractivity contribution in [1.82, 2.24) is 14.8 Å². The molecule has 170 valence electrons. The summed E-state index contributed by atoms with van der Waals surface area (Å²) in [6, 6.07) is 0. The Morgan fingerprint density at radius 3 is 2.33 bits per heavy atom. The summed E-state index contributed by atoms with van der Waals surface area (Å²) in [5.74, 6) is 0.292. The Hall–Kier alpha value is -1.67. The number of morpholine rings is 1. The molecule has 0 N–H and O–H groups in total. The first-order valence-electron chi connectivity index (χ1n) is 11.0. The molecule has 2 aliphatic heterocycles. The zero-order chi connectivity index (χ0) is 22.5. The van der Waals surface area contributed by atoms with Gasteiger partial charge in [-0.05, 0) is 33.6 Å². The number of ether oxygens (including phenoxy) is 2. The van der Waals surface area contributed by atoms with Crippen LogP contribution < -0.4 is 0 Å². The number of carbonyl (C=O) groups is 2. The van der Waals surface area contributed by atoms with Gasteiger partial charge in [-0.15, -0.1) is 11.3 Å². The minimum Gasteiger partial charge on any atom is -0.444 e. The quantitative estimate of drug-likeness (QED) is 0.677. The van der Waals surface area contributed by atoms with Gasteiger partial charge in [-0.1, -0.05) is 27.7 Å². The fraction of sp³-hybridized carbons (Fsp3) is 0.773. The van der Waals surface area contributed by atoms with Crippen LogP contribution in [0.2, 0.25) is 0 Å². The third kappa shape index (κ3) is 6.17. The molecule has 0 bridgehead atoms. The minimum absolute atomic E-state index is 0.0274. The van der Waals surface area contributed by atoms with Crippen LogP contribution in [0.5, 0.6) is 0 Å². The van der Waals surface area contributed by atoms with Crippen LogP contribution in [0.25, 0.3) is 0 Å². The monoisotopic (exact) mass is 439 g/mol. The van der Waals surface area contributed by atoms with Crippen LogP contribution in [0.3, 0.4) is 0 Å². The molecular weight excluding hydrogens is 402 g/mol. The maximum absolute atomic E-state index is 12.9. The summed E-state index contributed by atoms with van der Waals surface area (Å²) in [5, 5.41) is 2.84. The van der Waals surface area contributed by atoms with Gasteiger partial charge in [0.15, 0.2) is 0 Å². The van der Waals surface area contributed by atoms with Gasteiger partial charge in [0.25, 0.3) is 5.91 Å². The Morgan fingerprint density at radius 2 is 1.80 bits per heavy atom. The number of amides is 2. The Kier molecular flexibility index (Phi) is 8.27. The van der Waals surface area contributed by atoms with E-state index in [1.807, 2.05) is 44.9 Å². The van der Waals surface area contributed by atoms with Crippen molar-refractivity contribution < 1.29 is 19.1 Å². The average molecular weight is 440 g/mol. The minimum atomic E-state index is -0.501. The van der Waals surface area contributed by atoms with Gasteiger partial charge in [-0.3, -0.25) is 4.79 Å². The number of rotatable bonds is 2. The lowest BCUT2D eigenvalue weighted by atomic mass is 9.89. The molecule has 30 heavy (non-hydrogen) atoms. The predicted octanol–water partition coefficient (Wildman–Crippen LogP) is 4.53. The highest BCUT2D eigenvalue weighted by Gasteiger charge is 2.42. The van der Waals surface area contributed by atoms with E-state index in [9.17, 15) is 9.59 Å². The second kappa shape index (κ2) is 10.1. The van der Waals surface area contributed by atoms with E-state index >= 15 is 0 Å². The maximum atomic E-state index is 12.9. The number of piperidine rings is 1. The fourth-order valence-corrected chi connectivity index (χ4v) is 4.37. The van der Waals surface area contributed by atoms with Crippen molar-refractivity contribution in [2.75, 3.05) is 32.8 Å². The fourth-order valence-electron chi connectivity index (χ4n) is 3.56. The summed E-state index contributed by atoms with van der Waals surface area (Å²) in [6.07, 6.45) is 1.11. The Morgan fingerprint density at radius 1 is 1.17 bits per heavy atom. The topological polar surface area (TPSA) is 72.0 Å². The molecular formula is C22H37N3O4S. The number of hydrogen-bond donors (Lipinski definition) is 0. The van der Waals surface area contributed by atoms with Crippen molar-refractivity contribution in [3.8, 4) is 0 Å². The van der Waals surface area contributed by atoms with E-state index in [1.54, 1.807) is 4.90 Å². The lowest BCUT2D eigenvalue weighted by molar-refractivity contribution is -0.126. The first kappa shape index (κ1) is 24.6. The average Bonchev–Trinajstić information content (AvgIpc) is 3.19. The number of likely N-dealkylation sites (tertiary alicyclic amines) is 1. The summed E-state index contributed by atoms with van der Waals surface area (Å²) in [7, 11) is 0. The molecule has 0 aromatic carbocycles. The Balaban J connectivity index is 0.00000155. The van der Waals surface area contributed by atoms with Gasteiger partial charge < -0.3 is 19.3 Å². The molecule has 1 spiro atoms. The van der Waals surface area contributed by atoms with E-state index in [2.05, 4.69) is 18.8 Å². The van der Waals surface area contributed by atoms with Gasteiger partial charge in [0.05, 0.1) is 23.8 Å². The molecule has 8 heteroatoms. The van der Waals surface area contributed by atoms with Crippen LogP contribution in [-0.2, 0) is 9.47 Å². The molecule has 0 radical (unpaired) electrons. The number of thiazole rings is 1. The van der Waals surface area contributed by atoms with Crippen LogP contribution >= 0.6 is 11.3 Å². The van der Waals surface area contributed by atoms with Crippen molar-refractivity contribution >= 4 is 23.3 Å². The second-order valence-corrected chi connectivity index (χ2v) is 9.84. The van der Waals surface area contributed by atoms with Crippen LogP contribution in [0.1, 0.15) is 82.7 Å². The number of nitrogens with zero attached hydrogens (tertiary/aromatic N) is 3. The van der Waals surface area contributed by atoms with Crippen molar-refractivity contribution in [3.63, 3.8) is 0 Å². The van der Waals surface area contributed by atoms with Gasteiger partial charge in [-0.2, -0.15) is 0 Å². The highest BCUT2D eigenvalue weighted by molar-refractivity contribution is 7.09. The Labute approximate surface area is 184 Å². The van der Waals surface area contributed by atoms with Crippen LogP contribution in [-0.4, -0.2) is 70.8 Å². The largest absolute Gasteiger partial charge is 0.444 e. The predicted molar refractivity (Wildman–Crippen MR) is 119 cm³/mol. The standard InChI is InChI=1S/C20H31N3O4S.C2H6/c1-14(2)16-21-15(12-28-16)17(24)23-10-11-26-20(13-23)6-8-22(9-7-20)18(25)27-19(3,4)5;1-2/h12,14H,6-11,13H2,1-5H3;1-2H3. The summed E-state index contributed by atoms with van der Waals surface area (Å²) in [4.78, 5) is 33.3. The molecule has 0 aliphatic carbocycles. The van der Waals surface area contributed by atoms with Gasteiger partial charge >= 0.3 is 6.09 Å². The SMILES string of the molecule is CC.CC(C)c1nc(C(=O)N2CCOC3(CCN(C(=O)OC(C)(C)C)CC3)C2)cs1. The van der Waals surface area contributed by atoms with Gasteiger partial charge in [0, 0.05) is 30.9 Å². The van der Waals surface area contributed by atoms with E-state index in [1.165, 1.54) is 11.3 Å². The summed E-state index contributed by atoms with van der Waals surface area (Å²) < 4.78 is 11.6. The first-order chi connectivity index (χ1) is 14.1. The summed E-state index contributed by atoms with van der Waals surface area (Å²) in [5.41, 5.74) is -0.361. The van der Waals surface area contributed by atoms with E-state index < -0.39 is 5.60 Å². The molecule has 2 fully saturated rings. The van der Waals surface area contributed by atoms with E-state index in [0.29, 0.717) is 57.2 Å². The highest BCUT2D eigenvalue weighted by Crippen LogP contribution is 2.31. The molecule has 7 nitrogen and oxygen atoms in total. The Bertz CT molecular complexity index is 718. The molecule has 2 aliphatic rings. The van der Waals surface area contributed by atoms with Crippen molar-refractivity contribution in [3.05, 3.63) is 16.1 Å². The zero-order valence-electron chi connectivity index (χ0n) is 19.5. The number of aromatic nitrogens is 1. The van der Waals surface area contributed by atoms with Crippen LogP contribution in [0.4, 0.5) is 4.79 Å². The van der Waals surface area contributed by atoms with Crippen molar-refractivity contribution in [2.24, 2.45) is 0 Å². The lowest BCUT2D eigenvalue weighted by Gasteiger charge is -2.47. The van der Waals surface area contributed by atoms with Crippen LogP contribution in [0.15, 0.2) is 5.38 Å². The van der Waals surface area contributed by atoms with Crippen molar-refractivity contribution in [1.29, 1.82) is 0 Å². The van der Waals surface area contributed by atoms with Gasteiger partial charge in [0.1, 0.15) is 11.3 Å². The van der Waals surface area contributed by atoms with E-state index in [4.69, 9.17) is 9.47 Å². The molecule has 1 aromatic rings. The number of carbonyl (C=O) groups excluding carboxylic acids is 2. The molecule has 2 amide bonds. The molecule has 3 heterocycles. The lowest BCUT2D eigenvalue weighted by Crippen LogP contribution is -2.58. The molecule has 3 rings (SSSR count). The molecule has 1 aromatic heterocycles. The highest BCUT2D eigenvalue weighted by atomic mass is 32.1. The summed E-state index contributed by atoms with van der Waals surface area (Å²) >= 11 is 1.54. The summed E-state index contributed by atoms with van der Waals surface area (Å²) in [6.45, 7) is 16.5. The second-order valence-electron chi connectivity index (χ2n) is 8.95.